The van der Waals surface area contributed by atoms with Crippen molar-refractivity contribution in [2.75, 3.05) is 13.1 Å². The van der Waals surface area contributed by atoms with Crippen molar-refractivity contribution >= 4 is 34.1 Å². The van der Waals surface area contributed by atoms with Crippen LogP contribution in [-0.4, -0.2) is 43.3 Å². The highest BCUT2D eigenvalue weighted by molar-refractivity contribution is 9.11. The van der Waals surface area contributed by atoms with Gasteiger partial charge in [-0.25, -0.2) is 4.99 Å². The Labute approximate surface area is 139 Å². The molecule has 1 saturated heterocycles. The molecule has 3 aliphatic rings. The van der Waals surface area contributed by atoms with Crippen LogP contribution in [0.25, 0.3) is 0 Å². The third-order valence-electron chi connectivity index (χ3n) is 4.01. The van der Waals surface area contributed by atoms with Gasteiger partial charge in [0.2, 0.25) is 0 Å². The topological polar surface area (TPSA) is 75.1 Å². The van der Waals surface area contributed by atoms with Crippen LogP contribution < -0.4 is 11.1 Å². The predicted octanol–water partition coefficient (Wildman–Crippen LogP) is 2.11. The number of allylic oxidation sites excluding steroid dienone is 3. The fourth-order valence-corrected chi connectivity index (χ4v) is 3.25. The Morgan fingerprint density at radius 2 is 2.23 bits per heavy atom. The summed E-state index contributed by atoms with van der Waals surface area (Å²) in [5.41, 5.74) is 8.34. The van der Waals surface area contributed by atoms with Crippen molar-refractivity contribution in [1.82, 2.24) is 5.32 Å². The number of hydrogen-bond donors (Lipinski definition) is 2. The molecule has 0 radical (unpaired) electrons. The van der Waals surface area contributed by atoms with Crippen LogP contribution in [-0.2, 0) is 0 Å². The average molecular weight is 362 g/mol. The van der Waals surface area contributed by atoms with Crippen LogP contribution in [0.3, 0.4) is 0 Å². The molecule has 0 aromatic carbocycles. The summed E-state index contributed by atoms with van der Waals surface area (Å²) in [5, 5.41) is 3.34. The van der Waals surface area contributed by atoms with E-state index in [9.17, 15) is 0 Å². The van der Waals surface area contributed by atoms with E-state index in [4.69, 9.17) is 10.7 Å². The number of nitrogens with two attached hydrogens (primary N) is 1. The number of nitrogens with zero attached hydrogens (tertiary/aromatic N) is 3. The van der Waals surface area contributed by atoms with Gasteiger partial charge in [-0.3, -0.25) is 9.98 Å². The van der Waals surface area contributed by atoms with Gasteiger partial charge < -0.3 is 11.1 Å². The van der Waals surface area contributed by atoms with Crippen LogP contribution >= 0.6 is 15.9 Å². The summed E-state index contributed by atoms with van der Waals surface area (Å²) >= 11 is 3.55. The van der Waals surface area contributed by atoms with E-state index in [0.717, 1.165) is 53.8 Å². The first-order chi connectivity index (χ1) is 10.8. The van der Waals surface area contributed by atoms with E-state index in [0.29, 0.717) is 6.04 Å². The molecule has 0 amide bonds. The van der Waals surface area contributed by atoms with E-state index in [1.54, 1.807) is 12.4 Å². The molecule has 2 heterocycles. The monoisotopic (exact) mass is 361 g/mol. The Balaban J connectivity index is 1.78. The van der Waals surface area contributed by atoms with E-state index in [1.165, 1.54) is 0 Å². The summed E-state index contributed by atoms with van der Waals surface area (Å²) in [5.74, 6) is 0. The molecule has 3 N–H and O–H groups in total. The second kappa shape index (κ2) is 7.15. The molecule has 0 aromatic heterocycles. The number of rotatable bonds is 3. The Morgan fingerprint density at radius 1 is 1.41 bits per heavy atom. The minimum absolute atomic E-state index is 0.114. The molecule has 3 rings (SSSR count). The smallest absolute Gasteiger partial charge is 0.0966 e. The fourth-order valence-electron chi connectivity index (χ4n) is 2.71. The van der Waals surface area contributed by atoms with Gasteiger partial charge in [-0.2, -0.15) is 0 Å². The van der Waals surface area contributed by atoms with Gasteiger partial charge in [0.15, 0.2) is 0 Å². The normalized spacial score (nSPS) is 26.5. The van der Waals surface area contributed by atoms with E-state index >= 15 is 0 Å². The first-order valence-electron chi connectivity index (χ1n) is 7.62. The molecule has 116 valence electrons. The van der Waals surface area contributed by atoms with E-state index in [2.05, 4.69) is 37.3 Å². The van der Waals surface area contributed by atoms with Crippen molar-refractivity contribution < 1.29 is 0 Å². The molecule has 6 heteroatoms. The molecule has 0 saturated carbocycles. The van der Waals surface area contributed by atoms with E-state index in [1.807, 2.05) is 12.3 Å². The van der Waals surface area contributed by atoms with Crippen LogP contribution in [0.15, 0.2) is 49.1 Å². The number of aliphatic imine (C=N–C) groups is 3. The third-order valence-corrected chi connectivity index (χ3v) is 4.68. The molecule has 0 aromatic rings. The highest BCUT2D eigenvalue weighted by Gasteiger charge is 2.22. The average Bonchev–Trinajstić information content (AvgIpc) is 2.57. The lowest BCUT2D eigenvalue weighted by atomic mass is 10.0. The van der Waals surface area contributed by atoms with Crippen molar-refractivity contribution in [1.29, 1.82) is 0 Å². The maximum atomic E-state index is 5.77. The van der Waals surface area contributed by atoms with Gasteiger partial charge in [0.1, 0.15) is 0 Å². The number of piperidine rings is 1. The molecule has 5 nitrogen and oxygen atoms in total. The molecule has 0 spiro atoms. The highest BCUT2D eigenvalue weighted by Crippen LogP contribution is 2.29. The summed E-state index contributed by atoms with van der Waals surface area (Å²) in [7, 11) is 0. The number of nitrogens with one attached hydrogen (secondary N) is 1. The predicted molar refractivity (Wildman–Crippen MR) is 96.1 cm³/mol. The third kappa shape index (κ3) is 3.44. The van der Waals surface area contributed by atoms with Crippen LogP contribution in [0.5, 0.6) is 0 Å². The van der Waals surface area contributed by atoms with Crippen LogP contribution in [0.2, 0.25) is 0 Å². The summed E-state index contributed by atoms with van der Waals surface area (Å²) in [6, 6.07) is 0.483. The Morgan fingerprint density at radius 3 is 3.00 bits per heavy atom. The van der Waals surface area contributed by atoms with Gasteiger partial charge in [-0.1, -0.05) is 6.08 Å². The SMILES string of the molecule is NC=C(C=NC1CCNCC1)C1=NC2=C(Br)C=CCC2N=C1. The lowest BCUT2D eigenvalue weighted by molar-refractivity contribution is 0.461. The Hall–Kier alpha value is -1.53. The van der Waals surface area contributed by atoms with E-state index in [-0.39, 0.29) is 6.04 Å². The summed E-state index contributed by atoms with van der Waals surface area (Å²) in [4.78, 5) is 14.0. The lowest BCUT2D eigenvalue weighted by Gasteiger charge is -2.21. The second-order valence-electron chi connectivity index (χ2n) is 5.54. The zero-order valence-corrected chi connectivity index (χ0v) is 14.0. The Kier molecular flexibility index (Phi) is 5.00. The first kappa shape index (κ1) is 15.4. The largest absolute Gasteiger partial charge is 0.404 e. The van der Waals surface area contributed by atoms with Crippen LogP contribution in [0, 0.1) is 0 Å². The molecule has 1 unspecified atom stereocenters. The molecule has 22 heavy (non-hydrogen) atoms. The highest BCUT2D eigenvalue weighted by atomic mass is 79.9. The molecular weight excluding hydrogens is 342 g/mol. The van der Waals surface area contributed by atoms with Gasteiger partial charge in [0.25, 0.3) is 0 Å². The summed E-state index contributed by atoms with van der Waals surface area (Å²) in [6.07, 6.45) is 12.4. The molecular formula is C16H20BrN5. The van der Waals surface area contributed by atoms with Crippen LogP contribution in [0.4, 0.5) is 0 Å². The second-order valence-corrected chi connectivity index (χ2v) is 6.40. The maximum Gasteiger partial charge on any atom is 0.0966 e. The quantitative estimate of drug-likeness (QED) is 0.755. The zero-order chi connectivity index (χ0) is 15.4. The zero-order valence-electron chi connectivity index (χ0n) is 12.4. The summed E-state index contributed by atoms with van der Waals surface area (Å²) < 4.78 is 0.991. The van der Waals surface area contributed by atoms with Crippen molar-refractivity contribution in [3.63, 3.8) is 0 Å². The van der Waals surface area contributed by atoms with Gasteiger partial charge in [0.05, 0.1) is 23.5 Å². The molecule has 1 fully saturated rings. The van der Waals surface area contributed by atoms with E-state index < -0.39 is 0 Å². The number of halogens is 1. The van der Waals surface area contributed by atoms with Gasteiger partial charge >= 0.3 is 0 Å². The van der Waals surface area contributed by atoms with Crippen molar-refractivity contribution in [3.05, 3.63) is 34.1 Å². The molecule has 1 atom stereocenters. The lowest BCUT2D eigenvalue weighted by Crippen LogP contribution is -2.30. The summed E-state index contributed by atoms with van der Waals surface area (Å²) in [6.45, 7) is 2.06. The van der Waals surface area contributed by atoms with Gasteiger partial charge in [-0.05, 0) is 54.4 Å². The standard InChI is InChI=1S/C16H20BrN5/c17-13-2-1-3-14-16(13)22-15(10-21-14)11(8-18)9-20-12-4-6-19-7-5-12/h1-2,8-10,12,14,19H,3-7,18H2. The van der Waals surface area contributed by atoms with Crippen LogP contribution in [0.1, 0.15) is 19.3 Å². The molecule has 0 bridgehead atoms. The molecule has 2 aliphatic heterocycles. The number of fused-ring (bicyclic) bond motifs is 1. The minimum atomic E-state index is 0.114. The van der Waals surface area contributed by atoms with Gasteiger partial charge in [0, 0.05) is 28.7 Å². The van der Waals surface area contributed by atoms with Crippen molar-refractivity contribution in [2.45, 2.75) is 31.3 Å². The number of hydrogen-bond acceptors (Lipinski definition) is 5. The van der Waals surface area contributed by atoms with Gasteiger partial charge in [-0.15, -0.1) is 0 Å². The first-order valence-corrected chi connectivity index (χ1v) is 8.41. The minimum Gasteiger partial charge on any atom is -0.404 e. The van der Waals surface area contributed by atoms with Crippen molar-refractivity contribution in [3.8, 4) is 0 Å². The molecule has 1 aliphatic carbocycles. The fraction of sp³-hybridized carbons (Fsp3) is 0.438. The van der Waals surface area contributed by atoms with Crippen molar-refractivity contribution in [2.24, 2.45) is 20.7 Å². The maximum absolute atomic E-state index is 5.77. The Bertz CT molecular complexity index is 606.